The van der Waals surface area contributed by atoms with E-state index in [-0.39, 0.29) is 11.9 Å². The van der Waals surface area contributed by atoms with Gasteiger partial charge in [0, 0.05) is 6.42 Å². The Kier molecular flexibility index (Phi) is 4.76. The van der Waals surface area contributed by atoms with E-state index in [2.05, 4.69) is 17.4 Å². The Morgan fingerprint density at radius 1 is 1.33 bits per heavy atom. The molecule has 0 saturated heterocycles. The first-order valence-corrected chi connectivity index (χ1v) is 6.85. The van der Waals surface area contributed by atoms with E-state index < -0.39 is 0 Å². The third kappa shape index (κ3) is 3.33. The van der Waals surface area contributed by atoms with Crippen molar-refractivity contribution in [1.82, 2.24) is 5.32 Å². The molecule has 0 spiro atoms. The second kappa shape index (κ2) is 6.55. The summed E-state index contributed by atoms with van der Waals surface area (Å²) in [6, 6.07) is 10.5. The lowest BCUT2D eigenvalue weighted by Gasteiger charge is -2.34. The summed E-state index contributed by atoms with van der Waals surface area (Å²) in [6.45, 7) is 0.576. The van der Waals surface area contributed by atoms with Crippen LogP contribution >= 0.6 is 0 Å². The molecule has 1 fully saturated rings. The van der Waals surface area contributed by atoms with Crippen molar-refractivity contribution in [3.8, 4) is 0 Å². The SMILES string of the molecule is NCCCC(=O)NC(c1ccccc1)C1CCC1. The number of carbonyl (C=O) groups is 1. The van der Waals surface area contributed by atoms with Gasteiger partial charge in [-0.2, -0.15) is 0 Å². The normalized spacial score (nSPS) is 16.9. The van der Waals surface area contributed by atoms with Crippen molar-refractivity contribution in [2.24, 2.45) is 11.7 Å². The predicted octanol–water partition coefficient (Wildman–Crippen LogP) is 2.38. The highest BCUT2D eigenvalue weighted by Gasteiger charge is 2.29. The van der Waals surface area contributed by atoms with Crippen LogP contribution in [0.2, 0.25) is 0 Å². The number of hydrogen-bond donors (Lipinski definition) is 2. The van der Waals surface area contributed by atoms with Crippen molar-refractivity contribution in [3.63, 3.8) is 0 Å². The van der Waals surface area contributed by atoms with Gasteiger partial charge in [0.25, 0.3) is 0 Å². The van der Waals surface area contributed by atoms with Gasteiger partial charge in [-0.1, -0.05) is 36.8 Å². The fraction of sp³-hybridized carbons (Fsp3) is 0.533. The summed E-state index contributed by atoms with van der Waals surface area (Å²) < 4.78 is 0. The zero-order valence-electron chi connectivity index (χ0n) is 10.8. The van der Waals surface area contributed by atoms with E-state index in [0.29, 0.717) is 18.9 Å². The van der Waals surface area contributed by atoms with Gasteiger partial charge in [0.15, 0.2) is 0 Å². The largest absolute Gasteiger partial charge is 0.349 e. The van der Waals surface area contributed by atoms with Crippen molar-refractivity contribution >= 4 is 5.91 Å². The first-order valence-electron chi connectivity index (χ1n) is 6.85. The van der Waals surface area contributed by atoms with Crippen LogP contribution in [0, 0.1) is 5.92 Å². The zero-order valence-corrected chi connectivity index (χ0v) is 10.8. The summed E-state index contributed by atoms with van der Waals surface area (Å²) in [5.74, 6) is 0.732. The summed E-state index contributed by atoms with van der Waals surface area (Å²) >= 11 is 0. The molecule has 1 unspecified atom stereocenters. The molecule has 3 N–H and O–H groups in total. The van der Waals surface area contributed by atoms with Crippen LogP contribution in [0.1, 0.15) is 43.7 Å². The summed E-state index contributed by atoms with van der Waals surface area (Å²) in [4.78, 5) is 11.9. The van der Waals surface area contributed by atoms with Crippen molar-refractivity contribution in [1.29, 1.82) is 0 Å². The maximum atomic E-state index is 11.9. The monoisotopic (exact) mass is 246 g/mol. The lowest BCUT2D eigenvalue weighted by atomic mass is 9.77. The molecule has 1 atom stereocenters. The fourth-order valence-corrected chi connectivity index (χ4v) is 2.42. The lowest BCUT2D eigenvalue weighted by molar-refractivity contribution is -0.122. The van der Waals surface area contributed by atoms with E-state index in [0.717, 1.165) is 6.42 Å². The number of carbonyl (C=O) groups excluding carboxylic acids is 1. The third-order valence-electron chi connectivity index (χ3n) is 3.70. The molecule has 0 aromatic heterocycles. The highest BCUT2D eigenvalue weighted by atomic mass is 16.1. The van der Waals surface area contributed by atoms with Gasteiger partial charge < -0.3 is 11.1 Å². The molecule has 1 aromatic rings. The molecule has 0 heterocycles. The van der Waals surface area contributed by atoms with Gasteiger partial charge in [0.2, 0.25) is 5.91 Å². The second-order valence-electron chi connectivity index (χ2n) is 5.04. The van der Waals surface area contributed by atoms with Crippen LogP contribution in [0.5, 0.6) is 0 Å². The van der Waals surface area contributed by atoms with Crippen LogP contribution in [0.4, 0.5) is 0 Å². The maximum absolute atomic E-state index is 11.9. The summed E-state index contributed by atoms with van der Waals surface area (Å²) in [7, 11) is 0. The first-order chi connectivity index (χ1) is 8.81. The van der Waals surface area contributed by atoms with E-state index >= 15 is 0 Å². The van der Waals surface area contributed by atoms with Gasteiger partial charge in [-0.05, 0) is 37.3 Å². The molecular weight excluding hydrogens is 224 g/mol. The smallest absolute Gasteiger partial charge is 0.220 e. The van der Waals surface area contributed by atoms with Gasteiger partial charge in [-0.15, -0.1) is 0 Å². The lowest BCUT2D eigenvalue weighted by Crippen LogP contribution is -2.36. The molecule has 1 aromatic carbocycles. The van der Waals surface area contributed by atoms with Gasteiger partial charge in [-0.3, -0.25) is 4.79 Å². The average Bonchev–Trinajstić information content (AvgIpc) is 2.34. The second-order valence-corrected chi connectivity index (χ2v) is 5.04. The molecular formula is C15H22N2O. The fourth-order valence-electron chi connectivity index (χ4n) is 2.42. The van der Waals surface area contributed by atoms with Crippen LogP contribution in [0.25, 0.3) is 0 Å². The molecule has 18 heavy (non-hydrogen) atoms. The van der Waals surface area contributed by atoms with Crippen LogP contribution < -0.4 is 11.1 Å². The first kappa shape index (κ1) is 13.1. The summed E-state index contributed by atoms with van der Waals surface area (Å²) in [5.41, 5.74) is 6.66. The topological polar surface area (TPSA) is 55.1 Å². The number of benzene rings is 1. The van der Waals surface area contributed by atoms with E-state index in [1.54, 1.807) is 0 Å². The molecule has 1 saturated carbocycles. The highest BCUT2D eigenvalue weighted by Crippen LogP contribution is 2.37. The Hall–Kier alpha value is -1.35. The van der Waals surface area contributed by atoms with E-state index in [1.807, 2.05) is 18.2 Å². The number of amides is 1. The number of rotatable bonds is 6. The molecule has 3 heteroatoms. The Morgan fingerprint density at radius 3 is 2.61 bits per heavy atom. The Labute approximate surface area is 109 Å². The van der Waals surface area contributed by atoms with Gasteiger partial charge in [-0.25, -0.2) is 0 Å². The van der Waals surface area contributed by atoms with Gasteiger partial charge >= 0.3 is 0 Å². The minimum atomic E-state index is 0.126. The van der Waals surface area contributed by atoms with Crippen LogP contribution in [-0.2, 0) is 4.79 Å². The third-order valence-corrected chi connectivity index (χ3v) is 3.70. The minimum absolute atomic E-state index is 0.126. The van der Waals surface area contributed by atoms with E-state index in [4.69, 9.17) is 5.73 Å². The van der Waals surface area contributed by atoms with Crippen molar-refractivity contribution in [2.45, 2.75) is 38.1 Å². The Morgan fingerprint density at radius 2 is 2.06 bits per heavy atom. The average molecular weight is 246 g/mol. The molecule has 1 aliphatic rings. The molecule has 1 amide bonds. The predicted molar refractivity (Wildman–Crippen MR) is 73.0 cm³/mol. The van der Waals surface area contributed by atoms with Crippen molar-refractivity contribution < 1.29 is 4.79 Å². The highest BCUT2D eigenvalue weighted by molar-refractivity contribution is 5.76. The van der Waals surface area contributed by atoms with E-state index in [9.17, 15) is 4.79 Å². The van der Waals surface area contributed by atoms with Crippen molar-refractivity contribution in [2.75, 3.05) is 6.54 Å². The summed E-state index contributed by atoms with van der Waals surface area (Å²) in [6.07, 6.45) is 5.02. The van der Waals surface area contributed by atoms with Crippen LogP contribution in [-0.4, -0.2) is 12.5 Å². The standard InChI is InChI=1S/C15H22N2O/c16-11-5-10-14(18)17-15(13-8-4-9-13)12-6-2-1-3-7-12/h1-3,6-7,13,15H,4-5,8-11,16H2,(H,17,18). The quantitative estimate of drug-likeness (QED) is 0.809. The Balaban J connectivity index is 1.99. The Bertz CT molecular complexity index is 373. The van der Waals surface area contributed by atoms with Gasteiger partial charge in [0.05, 0.1) is 6.04 Å². The van der Waals surface area contributed by atoms with Crippen LogP contribution in [0.15, 0.2) is 30.3 Å². The molecule has 1 aliphatic carbocycles. The minimum Gasteiger partial charge on any atom is -0.349 e. The number of hydrogen-bond acceptors (Lipinski definition) is 2. The van der Waals surface area contributed by atoms with E-state index in [1.165, 1.54) is 24.8 Å². The molecule has 3 nitrogen and oxygen atoms in total. The molecule has 98 valence electrons. The summed E-state index contributed by atoms with van der Waals surface area (Å²) in [5, 5.41) is 3.18. The molecule has 0 bridgehead atoms. The maximum Gasteiger partial charge on any atom is 0.220 e. The number of nitrogens with one attached hydrogen (secondary N) is 1. The van der Waals surface area contributed by atoms with Crippen LogP contribution in [0.3, 0.4) is 0 Å². The van der Waals surface area contributed by atoms with Gasteiger partial charge in [0.1, 0.15) is 0 Å². The molecule has 0 radical (unpaired) electrons. The molecule has 0 aliphatic heterocycles. The van der Waals surface area contributed by atoms with Crippen molar-refractivity contribution in [3.05, 3.63) is 35.9 Å². The molecule has 2 rings (SSSR count). The zero-order chi connectivity index (χ0) is 12.8. The number of nitrogens with two attached hydrogens (primary N) is 1.